The van der Waals surface area contributed by atoms with Crippen molar-refractivity contribution in [3.05, 3.63) is 12.7 Å². The van der Waals surface area contributed by atoms with Crippen LogP contribution in [0.3, 0.4) is 0 Å². The second-order valence-electron chi connectivity index (χ2n) is 3.82. The zero-order valence-electron chi connectivity index (χ0n) is 9.47. The molecule has 0 aromatic heterocycles. The molecule has 0 amide bonds. The number of esters is 1. The van der Waals surface area contributed by atoms with E-state index in [1.165, 1.54) is 0 Å². The predicted molar refractivity (Wildman–Crippen MR) is 67.3 cm³/mol. The number of hydrogen-bond acceptors (Lipinski definition) is 4. The molecule has 6 nitrogen and oxygen atoms in total. The molecular formula is C9H19NNaO5P. The summed E-state index contributed by atoms with van der Waals surface area (Å²) in [6.07, 6.45) is 1.14. The summed E-state index contributed by atoms with van der Waals surface area (Å²) in [7, 11) is -4.11. The van der Waals surface area contributed by atoms with Crippen molar-refractivity contribution in [3.8, 4) is 0 Å². The number of hydrogen-bond donors (Lipinski definition) is 3. The van der Waals surface area contributed by atoms with Crippen LogP contribution in [0, 0.1) is 0 Å². The van der Waals surface area contributed by atoms with E-state index < -0.39 is 25.3 Å². The fourth-order valence-corrected chi connectivity index (χ4v) is 1.17. The first-order valence-corrected chi connectivity index (χ1v) is 6.56. The van der Waals surface area contributed by atoms with Crippen molar-refractivity contribution < 1.29 is 23.9 Å². The molecule has 0 heterocycles. The van der Waals surface area contributed by atoms with E-state index in [1.54, 1.807) is 19.9 Å². The Hall–Kier alpha value is 0.320. The van der Waals surface area contributed by atoms with Gasteiger partial charge in [-0.15, -0.1) is 6.58 Å². The molecule has 0 aromatic carbocycles. The third-order valence-electron chi connectivity index (χ3n) is 1.81. The molecule has 0 aliphatic carbocycles. The normalized spacial score (nSPS) is 11.5. The molecule has 8 heteroatoms. The summed E-state index contributed by atoms with van der Waals surface area (Å²) in [5.41, 5.74) is -0.900. The summed E-state index contributed by atoms with van der Waals surface area (Å²) in [6, 6.07) is 0. The summed E-state index contributed by atoms with van der Waals surface area (Å²) in [5, 5.41) is 2.87. The molecule has 17 heavy (non-hydrogen) atoms. The molecule has 0 saturated heterocycles. The summed E-state index contributed by atoms with van der Waals surface area (Å²) < 4.78 is 15.3. The Labute approximate surface area is 123 Å². The van der Waals surface area contributed by atoms with Crippen molar-refractivity contribution in [2.75, 3.05) is 19.3 Å². The summed E-state index contributed by atoms with van der Waals surface area (Å²) in [6.45, 7) is 6.90. The van der Waals surface area contributed by atoms with Gasteiger partial charge in [0.25, 0.3) is 0 Å². The van der Waals surface area contributed by atoms with Gasteiger partial charge in [-0.05, 0) is 13.8 Å². The Morgan fingerprint density at radius 3 is 2.47 bits per heavy atom. The van der Waals surface area contributed by atoms with Crippen LogP contribution in [0.5, 0.6) is 0 Å². The number of carbonyl (C=O) groups excluding carboxylic acids is 1. The van der Waals surface area contributed by atoms with Gasteiger partial charge in [0.15, 0.2) is 0 Å². The molecule has 3 N–H and O–H groups in total. The molecule has 0 rings (SSSR count). The second-order valence-corrected chi connectivity index (χ2v) is 5.60. The molecular weight excluding hydrogens is 256 g/mol. The third kappa shape index (κ3) is 9.97. The second kappa shape index (κ2) is 8.43. The summed E-state index contributed by atoms with van der Waals surface area (Å²) in [4.78, 5) is 28.6. The Balaban J connectivity index is 0. The zero-order chi connectivity index (χ0) is 12.8. The van der Waals surface area contributed by atoms with Crippen molar-refractivity contribution in [1.29, 1.82) is 0 Å². The van der Waals surface area contributed by atoms with Crippen LogP contribution in [0.4, 0.5) is 0 Å². The first-order valence-electron chi connectivity index (χ1n) is 4.77. The number of nitrogens with one attached hydrogen (secondary N) is 1. The van der Waals surface area contributed by atoms with Gasteiger partial charge in [0.05, 0.1) is 6.16 Å². The van der Waals surface area contributed by atoms with Crippen molar-refractivity contribution >= 4 is 43.1 Å². The van der Waals surface area contributed by atoms with Gasteiger partial charge >= 0.3 is 43.1 Å². The SMILES string of the molecule is C=CCNC(C)(C)C(=O)OCCP(=O)(O)O.[NaH]. The van der Waals surface area contributed by atoms with E-state index in [-0.39, 0.29) is 36.2 Å². The molecule has 0 aromatic rings. The Morgan fingerprint density at radius 2 is 2.06 bits per heavy atom. The fraction of sp³-hybridized carbons (Fsp3) is 0.667. The van der Waals surface area contributed by atoms with E-state index in [1.807, 2.05) is 0 Å². The molecule has 0 atom stereocenters. The van der Waals surface area contributed by atoms with Crippen molar-refractivity contribution in [2.45, 2.75) is 19.4 Å². The number of carbonyl (C=O) groups is 1. The van der Waals surface area contributed by atoms with Crippen molar-refractivity contribution in [1.82, 2.24) is 5.32 Å². The van der Waals surface area contributed by atoms with Gasteiger partial charge in [-0.3, -0.25) is 14.7 Å². The van der Waals surface area contributed by atoms with E-state index in [9.17, 15) is 9.36 Å². The van der Waals surface area contributed by atoms with Crippen LogP contribution in [-0.2, 0) is 14.1 Å². The first kappa shape index (κ1) is 19.7. The molecule has 0 saturated carbocycles. The van der Waals surface area contributed by atoms with E-state index in [0.717, 1.165) is 0 Å². The van der Waals surface area contributed by atoms with Gasteiger partial charge in [-0.1, -0.05) is 6.08 Å². The average Bonchev–Trinajstić information content (AvgIpc) is 2.12. The maximum atomic E-state index is 11.5. The molecule has 0 fully saturated rings. The molecule has 0 radical (unpaired) electrons. The van der Waals surface area contributed by atoms with Crippen LogP contribution >= 0.6 is 7.60 Å². The van der Waals surface area contributed by atoms with E-state index in [0.29, 0.717) is 6.54 Å². The summed E-state index contributed by atoms with van der Waals surface area (Å²) >= 11 is 0. The Bertz CT molecular complexity index is 302. The van der Waals surface area contributed by atoms with Gasteiger partial charge in [0.2, 0.25) is 0 Å². The predicted octanol–water partition coefficient (Wildman–Crippen LogP) is -0.387. The molecule has 96 valence electrons. The van der Waals surface area contributed by atoms with E-state index in [2.05, 4.69) is 11.9 Å². The van der Waals surface area contributed by atoms with Crippen LogP contribution in [0.2, 0.25) is 0 Å². The minimum atomic E-state index is -4.11. The van der Waals surface area contributed by atoms with Crippen LogP contribution in [0.15, 0.2) is 12.7 Å². The molecule has 0 aliphatic rings. The van der Waals surface area contributed by atoms with Gasteiger partial charge in [-0.25, -0.2) is 0 Å². The standard InChI is InChI=1S/C9H18NO5P.Na.H/c1-4-5-10-9(2,3)8(11)15-6-7-16(12,13)14;;/h4,10H,1,5-7H2,2-3H3,(H2,12,13,14);;. The first-order chi connectivity index (χ1) is 7.19. The quantitative estimate of drug-likeness (QED) is 0.253. The molecule has 0 aliphatic heterocycles. The molecule has 0 spiro atoms. The minimum absolute atomic E-state index is 0. The third-order valence-corrected chi connectivity index (χ3v) is 2.58. The number of ether oxygens (including phenoxy) is 1. The van der Waals surface area contributed by atoms with Gasteiger partial charge < -0.3 is 14.5 Å². The van der Waals surface area contributed by atoms with Crippen LogP contribution < -0.4 is 5.32 Å². The van der Waals surface area contributed by atoms with E-state index in [4.69, 9.17) is 14.5 Å². The van der Waals surface area contributed by atoms with Crippen molar-refractivity contribution in [2.24, 2.45) is 0 Å². The van der Waals surface area contributed by atoms with Crippen LogP contribution in [-0.4, -0.2) is 70.2 Å². The Kier molecular flexibility index (Phi) is 9.74. The Morgan fingerprint density at radius 1 is 1.53 bits per heavy atom. The molecule has 0 bridgehead atoms. The topological polar surface area (TPSA) is 95.9 Å². The van der Waals surface area contributed by atoms with Gasteiger partial charge in [0.1, 0.15) is 12.1 Å². The van der Waals surface area contributed by atoms with Crippen LogP contribution in [0.25, 0.3) is 0 Å². The number of rotatable bonds is 7. The molecule has 0 unspecified atom stereocenters. The van der Waals surface area contributed by atoms with Crippen molar-refractivity contribution in [3.63, 3.8) is 0 Å². The van der Waals surface area contributed by atoms with Crippen LogP contribution in [0.1, 0.15) is 13.8 Å². The average molecular weight is 275 g/mol. The monoisotopic (exact) mass is 275 g/mol. The fourth-order valence-electron chi connectivity index (χ4n) is 0.837. The van der Waals surface area contributed by atoms with Gasteiger partial charge in [0, 0.05) is 6.54 Å². The summed E-state index contributed by atoms with van der Waals surface area (Å²) in [5.74, 6) is -0.553. The van der Waals surface area contributed by atoms with E-state index >= 15 is 0 Å². The van der Waals surface area contributed by atoms with Gasteiger partial charge in [-0.2, -0.15) is 0 Å². The maximum absolute atomic E-state index is 11.5. The zero-order valence-corrected chi connectivity index (χ0v) is 10.4.